The molecule has 1 aromatic carbocycles. The van der Waals surface area contributed by atoms with Gasteiger partial charge in [0.15, 0.2) is 0 Å². The van der Waals surface area contributed by atoms with Gasteiger partial charge in [-0.2, -0.15) is 0 Å². The lowest BCUT2D eigenvalue weighted by molar-refractivity contribution is 0.239. The Bertz CT molecular complexity index is 758. The third-order valence-electron chi connectivity index (χ3n) is 5.31. The van der Waals surface area contributed by atoms with Crippen LogP contribution in [-0.2, 0) is 6.54 Å². The number of piperidine rings is 1. The molecule has 0 amide bonds. The average Bonchev–Trinajstić information content (AvgIpc) is 2.68. The molecule has 1 aliphatic heterocycles. The first kappa shape index (κ1) is 19.4. The van der Waals surface area contributed by atoms with Crippen molar-refractivity contribution in [2.24, 2.45) is 0 Å². The zero-order valence-electron chi connectivity index (χ0n) is 16.8. The maximum atomic E-state index is 9.69. The van der Waals surface area contributed by atoms with Gasteiger partial charge in [0.1, 0.15) is 23.7 Å². The maximum Gasteiger partial charge on any atom is 0.134 e. The summed E-state index contributed by atoms with van der Waals surface area (Å²) in [5.41, 5.74) is 3.51. The molecule has 6 nitrogen and oxygen atoms in total. The fraction of sp³-hybridized carbons (Fsp3) is 0.524. The van der Waals surface area contributed by atoms with Crippen molar-refractivity contribution in [1.29, 1.82) is 0 Å². The van der Waals surface area contributed by atoms with Gasteiger partial charge in [-0.25, -0.2) is 9.97 Å². The first-order chi connectivity index (χ1) is 13.0. The smallest absolute Gasteiger partial charge is 0.134 e. The molecular formula is C21H30N4O2. The Balaban J connectivity index is 1.78. The van der Waals surface area contributed by atoms with Crippen LogP contribution in [0.5, 0.6) is 5.75 Å². The van der Waals surface area contributed by atoms with Crippen molar-refractivity contribution in [1.82, 2.24) is 9.97 Å². The first-order valence-corrected chi connectivity index (χ1v) is 9.58. The van der Waals surface area contributed by atoms with Crippen molar-refractivity contribution < 1.29 is 9.84 Å². The minimum Gasteiger partial charge on any atom is -0.496 e. The van der Waals surface area contributed by atoms with Crippen LogP contribution in [0.4, 0.5) is 11.6 Å². The lowest BCUT2D eigenvalue weighted by Gasteiger charge is -2.35. The minimum absolute atomic E-state index is 0.152. The fourth-order valence-electron chi connectivity index (χ4n) is 4.00. The van der Waals surface area contributed by atoms with Crippen molar-refractivity contribution in [3.05, 3.63) is 41.2 Å². The van der Waals surface area contributed by atoms with Crippen LogP contribution in [0.1, 0.15) is 36.0 Å². The molecule has 146 valence electrons. The van der Waals surface area contributed by atoms with Gasteiger partial charge < -0.3 is 19.6 Å². The summed E-state index contributed by atoms with van der Waals surface area (Å²) in [6.07, 6.45) is 4.93. The van der Waals surface area contributed by atoms with Crippen molar-refractivity contribution in [2.75, 3.05) is 37.1 Å². The highest BCUT2D eigenvalue weighted by atomic mass is 16.5. The third kappa shape index (κ3) is 4.33. The van der Waals surface area contributed by atoms with Crippen LogP contribution in [0.3, 0.4) is 0 Å². The summed E-state index contributed by atoms with van der Waals surface area (Å²) in [7, 11) is 3.75. The normalized spacial score (nSPS) is 17.1. The maximum absolute atomic E-state index is 9.69. The highest BCUT2D eigenvalue weighted by molar-refractivity contribution is 5.51. The van der Waals surface area contributed by atoms with E-state index in [0.717, 1.165) is 60.9 Å². The largest absolute Gasteiger partial charge is 0.496 e. The standard InChI is InChI=1S/C21H30N4O2/c1-15-9-17(10-16(2)21(15)27-4)12-24(3)19-11-20(23-14-22-19)25-8-6-5-7-18(25)13-26/h9-11,14,18,26H,5-8,12-13H2,1-4H3. The summed E-state index contributed by atoms with van der Waals surface area (Å²) in [5.74, 6) is 2.73. The molecule has 1 aromatic heterocycles. The number of nitrogens with zero attached hydrogens (tertiary/aromatic N) is 4. The molecule has 1 aliphatic rings. The highest BCUT2D eigenvalue weighted by Crippen LogP contribution is 2.27. The van der Waals surface area contributed by atoms with Gasteiger partial charge in [0.25, 0.3) is 0 Å². The van der Waals surface area contributed by atoms with Gasteiger partial charge in [-0.1, -0.05) is 12.1 Å². The Morgan fingerprint density at radius 1 is 1.19 bits per heavy atom. The number of hydrogen-bond acceptors (Lipinski definition) is 6. The van der Waals surface area contributed by atoms with E-state index in [2.05, 4.69) is 45.7 Å². The van der Waals surface area contributed by atoms with Gasteiger partial charge in [0, 0.05) is 26.2 Å². The highest BCUT2D eigenvalue weighted by Gasteiger charge is 2.23. The summed E-state index contributed by atoms with van der Waals surface area (Å²) >= 11 is 0. The molecule has 0 radical (unpaired) electrons. The van der Waals surface area contributed by atoms with Crippen LogP contribution >= 0.6 is 0 Å². The van der Waals surface area contributed by atoms with Crippen molar-refractivity contribution in [2.45, 2.75) is 45.7 Å². The second-order valence-corrected chi connectivity index (χ2v) is 7.38. The van der Waals surface area contributed by atoms with E-state index < -0.39 is 0 Å². The Morgan fingerprint density at radius 3 is 2.59 bits per heavy atom. The van der Waals surface area contributed by atoms with Gasteiger partial charge in [-0.05, 0) is 49.8 Å². The predicted octanol–water partition coefficient (Wildman–Crippen LogP) is 3.09. The molecule has 2 aromatic rings. The van der Waals surface area contributed by atoms with Gasteiger partial charge in [-0.15, -0.1) is 0 Å². The van der Waals surface area contributed by atoms with E-state index in [1.54, 1.807) is 13.4 Å². The average molecular weight is 370 g/mol. The topological polar surface area (TPSA) is 61.7 Å². The van der Waals surface area contributed by atoms with E-state index in [0.29, 0.717) is 0 Å². The van der Waals surface area contributed by atoms with Crippen LogP contribution in [0.25, 0.3) is 0 Å². The Morgan fingerprint density at radius 2 is 1.93 bits per heavy atom. The molecule has 1 saturated heterocycles. The number of methoxy groups -OCH3 is 1. The van der Waals surface area contributed by atoms with Gasteiger partial charge in [-0.3, -0.25) is 0 Å². The molecule has 1 atom stereocenters. The second kappa shape index (κ2) is 8.57. The number of hydrogen-bond donors (Lipinski definition) is 1. The van der Waals surface area contributed by atoms with Gasteiger partial charge in [0.05, 0.1) is 19.8 Å². The van der Waals surface area contributed by atoms with Crippen molar-refractivity contribution in [3.8, 4) is 5.75 Å². The number of aromatic nitrogens is 2. The fourth-order valence-corrected chi connectivity index (χ4v) is 4.00. The van der Waals surface area contributed by atoms with E-state index in [1.165, 1.54) is 5.56 Å². The Kier molecular flexibility index (Phi) is 6.16. The van der Waals surface area contributed by atoms with Crippen molar-refractivity contribution in [3.63, 3.8) is 0 Å². The molecule has 0 spiro atoms. The lowest BCUT2D eigenvalue weighted by Crippen LogP contribution is -2.42. The molecule has 2 heterocycles. The summed E-state index contributed by atoms with van der Waals surface area (Å²) in [5, 5.41) is 9.69. The molecule has 0 bridgehead atoms. The van der Waals surface area contributed by atoms with Crippen LogP contribution < -0.4 is 14.5 Å². The molecule has 1 unspecified atom stereocenters. The zero-order chi connectivity index (χ0) is 19.4. The number of ether oxygens (including phenoxy) is 1. The molecule has 1 N–H and O–H groups in total. The molecule has 0 aliphatic carbocycles. The SMILES string of the molecule is COc1c(C)cc(CN(C)c2cc(N3CCCCC3CO)ncn2)cc1C. The summed E-state index contributed by atoms with van der Waals surface area (Å²) < 4.78 is 5.46. The van der Waals surface area contributed by atoms with E-state index >= 15 is 0 Å². The van der Waals surface area contributed by atoms with E-state index in [9.17, 15) is 5.11 Å². The number of aryl methyl sites for hydroxylation is 2. The van der Waals surface area contributed by atoms with Gasteiger partial charge in [0.2, 0.25) is 0 Å². The zero-order valence-corrected chi connectivity index (χ0v) is 16.8. The number of aliphatic hydroxyl groups is 1. The van der Waals surface area contributed by atoms with Crippen LogP contribution in [0.15, 0.2) is 24.5 Å². The first-order valence-electron chi connectivity index (χ1n) is 9.58. The quantitative estimate of drug-likeness (QED) is 0.843. The number of anilines is 2. The number of benzene rings is 1. The van der Waals surface area contributed by atoms with Crippen LogP contribution in [0.2, 0.25) is 0 Å². The minimum atomic E-state index is 0.152. The molecule has 6 heteroatoms. The summed E-state index contributed by atoms with van der Waals surface area (Å²) in [6.45, 7) is 6.00. The molecule has 3 rings (SSSR count). The molecule has 1 fully saturated rings. The van der Waals surface area contributed by atoms with Gasteiger partial charge >= 0.3 is 0 Å². The monoisotopic (exact) mass is 370 g/mol. The predicted molar refractivity (Wildman–Crippen MR) is 109 cm³/mol. The van der Waals surface area contributed by atoms with E-state index in [-0.39, 0.29) is 12.6 Å². The third-order valence-corrected chi connectivity index (χ3v) is 5.31. The summed E-state index contributed by atoms with van der Waals surface area (Å²) in [4.78, 5) is 13.3. The van der Waals surface area contributed by atoms with Crippen LogP contribution in [-0.4, -0.2) is 48.4 Å². The lowest BCUT2D eigenvalue weighted by atomic mass is 10.0. The summed E-state index contributed by atoms with van der Waals surface area (Å²) in [6, 6.07) is 6.50. The van der Waals surface area contributed by atoms with E-state index in [4.69, 9.17) is 4.74 Å². The second-order valence-electron chi connectivity index (χ2n) is 7.38. The van der Waals surface area contributed by atoms with Crippen molar-refractivity contribution >= 4 is 11.6 Å². The van der Waals surface area contributed by atoms with E-state index in [1.807, 2.05) is 13.1 Å². The Hall–Kier alpha value is -2.34. The number of rotatable bonds is 6. The Labute approximate surface area is 161 Å². The molecule has 27 heavy (non-hydrogen) atoms. The molecular weight excluding hydrogens is 340 g/mol. The molecule has 0 saturated carbocycles. The number of aliphatic hydroxyl groups excluding tert-OH is 1. The van der Waals surface area contributed by atoms with Crippen LogP contribution in [0, 0.1) is 13.8 Å².